The van der Waals surface area contributed by atoms with Crippen molar-refractivity contribution in [2.45, 2.75) is 25.4 Å². The molecule has 2 aromatic rings. The maximum absolute atomic E-state index is 13.2. The van der Waals surface area contributed by atoms with Gasteiger partial charge in [0.15, 0.2) is 5.60 Å². The molecule has 0 atom stereocenters. The zero-order chi connectivity index (χ0) is 13.9. The number of hydrogen-bond acceptors (Lipinski definition) is 2. The summed E-state index contributed by atoms with van der Waals surface area (Å²) in [6.45, 7) is 2.02. The number of rotatable bonds is 4. The van der Waals surface area contributed by atoms with Gasteiger partial charge in [-0.2, -0.15) is 0 Å². The Balaban J connectivity index is 2.47. The van der Waals surface area contributed by atoms with Gasteiger partial charge in [0.25, 0.3) is 0 Å². The van der Waals surface area contributed by atoms with Gasteiger partial charge in [-0.05, 0) is 41.8 Å². The van der Waals surface area contributed by atoms with E-state index in [1.165, 1.54) is 0 Å². The molecule has 0 saturated carbocycles. The van der Waals surface area contributed by atoms with Gasteiger partial charge < -0.3 is 11.5 Å². The van der Waals surface area contributed by atoms with Gasteiger partial charge in [-0.25, -0.2) is 5.11 Å². The lowest BCUT2D eigenvalue weighted by Crippen LogP contribution is -2.25. The van der Waals surface area contributed by atoms with Crippen molar-refractivity contribution < 1.29 is 5.11 Å². The zero-order valence-corrected chi connectivity index (χ0v) is 11.1. The van der Waals surface area contributed by atoms with Crippen LogP contribution in [0.5, 0.6) is 0 Å². The highest BCUT2D eigenvalue weighted by atomic mass is 16.3. The van der Waals surface area contributed by atoms with Gasteiger partial charge >= 0.3 is 0 Å². The van der Waals surface area contributed by atoms with Gasteiger partial charge in [0.05, 0.1) is 0 Å². The second kappa shape index (κ2) is 5.33. The minimum atomic E-state index is -1.24. The van der Waals surface area contributed by atoms with E-state index in [0.717, 1.165) is 17.5 Å². The molecule has 2 rings (SSSR count). The van der Waals surface area contributed by atoms with Crippen LogP contribution in [0.15, 0.2) is 48.5 Å². The standard InChI is InChI=1S/C16H19N2O/c1-2-11-16(19,12-3-7-14(17)8-4-12)13-5-9-15(18)10-6-13/h3-10H,2,11,17-18H2,1H3. The van der Waals surface area contributed by atoms with E-state index in [1.54, 1.807) is 24.3 Å². The first-order chi connectivity index (χ1) is 9.06. The van der Waals surface area contributed by atoms with E-state index in [1.807, 2.05) is 31.2 Å². The normalized spacial score (nSPS) is 11.5. The first-order valence-electron chi connectivity index (χ1n) is 6.48. The highest BCUT2D eigenvalue weighted by molar-refractivity contribution is 5.47. The van der Waals surface area contributed by atoms with Gasteiger partial charge in [-0.3, -0.25) is 0 Å². The summed E-state index contributed by atoms with van der Waals surface area (Å²) >= 11 is 0. The number of benzene rings is 2. The maximum Gasteiger partial charge on any atom is 0.153 e. The number of anilines is 2. The molecule has 0 amide bonds. The van der Waals surface area contributed by atoms with E-state index in [2.05, 4.69) is 0 Å². The molecule has 0 aliphatic heterocycles. The van der Waals surface area contributed by atoms with Crippen molar-refractivity contribution in [3.63, 3.8) is 0 Å². The highest BCUT2D eigenvalue weighted by Gasteiger charge is 2.32. The number of hydrogen-bond donors (Lipinski definition) is 2. The molecule has 1 radical (unpaired) electrons. The van der Waals surface area contributed by atoms with E-state index in [9.17, 15) is 5.11 Å². The molecular formula is C16H19N2O. The Morgan fingerprint density at radius 3 is 1.53 bits per heavy atom. The molecule has 0 aromatic heterocycles. The summed E-state index contributed by atoms with van der Waals surface area (Å²) in [4.78, 5) is 0. The smallest absolute Gasteiger partial charge is 0.153 e. The summed E-state index contributed by atoms with van der Waals surface area (Å²) in [6, 6.07) is 14.3. The van der Waals surface area contributed by atoms with Crippen LogP contribution >= 0.6 is 0 Å². The van der Waals surface area contributed by atoms with Crippen molar-refractivity contribution in [3.05, 3.63) is 59.7 Å². The summed E-state index contributed by atoms with van der Waals surface area (Å²) in [7, 11) is 0. The maximum atomic E-state index is 13.2. The molecule has 3 nitrogen and oxygen atoms in total. The highest BCUT2D eigenvalue weighted by Crippen LogP contribution is 2.35. The number of nitrogen functional groups attached to an aromatic ring is 2. The Morgan fingerprint density at radius 2 is 1.21 bits per heavy atom. The van der Waals surface area contributed by atoms with E-state index in [-0.39, 0.29) is 0 Å². The van der Waals surface area contributed by atoms with Crippen LogP contribution < -0.4 is 11.5 Å². The van der Waals surface area contributed by atoms with Crippen LogP contribution in [0.2, 0.25) is 0 Å². The second-order valence-electron chi connectivity index (χ2n) is 4.82. The van der Waals surface area contributed by atoms with E-state index >= 15 is 0 Å². The summed E-state index contributed by atoms with van der Waals surface area (Å²) in [6.07, 6.45) is 1.36. The van der Waals surface area contributed by atoms with Crippen LogP contribution in [-0.2, 0) is 10.7 Å². The van der Waals surface area contributed by atoms with Crippen LogP contribution in [0.3, 0.4) is 0 Å². The molecule has 0 aliphatic rings. The Morgan fingerprint density at radius 1 is 0.842 bits per heavy atom. The van der Waals surface area contributed by atoms with Gasteiger partial charge in [0, 0.05) is 11.4 Å². The van der Waals surface area contributed by atoms with Crippen molar-refractivity contribution in [1.29, 1.82) is 0 Å². The summed E-state index contributed by atoms with van der Waals surface area (Å²) in [5.74, 6) is 0. The first kappa shape index (κ1) is 13.4. The average Bonchev–Trinajstić information content (AvgIpc) is 2.40. The molecule has 0 unspecified atom stereocenters. The van der Waals surface area contributed by atoms with Crippen molar-refractivity contribution in [2.24, 2.45) is 0 Å². The van der Waals surface area contributed by atoms with Crippen LogP contribution in [-0.4, -0.2) is 0 Å². The second-order valence-corrected chi connectivity index (χ2v) is 4.82. The fourth-order valence-electron chi connectivity index (χ4n) is 2.31. The number of nitrogens with two attached hydrogens (primary N) is 2. The van der Waals surface area contributed by atoms with Crippen molar-refractivity contribution in [2.75, 3.05) is 11.5 Å². The predicted molar refractivity (Wildman–Crippen MR) is 78.1 cm³/mol. The quantitative estimate of drug-likeness (QED) is 0.822. The van der Waals surface area contributed by atoms with E-state index in [0.29, 0.717) is 17.8 Å². The Hall–Kier alpha value is -2.00. The van der Waals surface area contributed by atoms with Gasteiger partial charge in [0.1, 0.15) is 0 Å². The monoisotopic (exact) mass is 255 g/mol. The first-order valence-corrected chi connectivity index (χ1v) is 6.48. The van der Waals surface area contributed by atoms with Crippen LogP contribution in [0.1, 0.15) is 30.9 Å². The molecule has 3 heteroatoms. The van der Waals surface area contributed by atoms with Crippen LogP contribution in [0, 0.1) is 0 Å². The molecule has 0 fully saturated rings. The molecule has 0 aliphatic carbocycles. The zero-order valence-electron chi connectivity index (χ0n) is 11.1. The Labute approximate surface area is 113 Å². The van der Waals surface area contributed by atoms with Crippen LogP contribution in [0.4, 0.5) is 11.4 Å². The molecule has 4 N–H and O–H groups in total. The van der Waals surface area contributed by atoms with Crippen LogP contribution in [0.25, 0.3) is 0 Å². The molecule has 0 spiro atoms. The lowest BCUT2D eigenvalue weighted by molar-refractivity contribution is -0.00526. The molecular weight excluding hydrogens is 236 g/mol. The Kier molecular flexibility index (Phi) is 3.76. The molecule has 0 saturated heterocycles. The van der Waals surface area contributed by atoms with E-state index in [4.69, 9.17) is 11.5 Å². The van der Waals surface area contributed by atoms with E-state index < -0.39 is 5.60 Å². The van der Waals surface area contributed by atoms with Gasteiger partial charge in [-0.1, -0.05) is 37.6 Å². The third-order valence-electron chi connectivity index (χ3n) is 3.36. The predicted octanol–water partition coefficient (Wildman–Crippen LogP) is 3.33. The molecule has 0 heterocycles. The topological polar surface area (TPSA) is 71.9 Å². The minimum absolute atomic E-state index is 0.542. The molecule has 99 valence electrons. The van der Waals surface area contributed by atoms with Gasteiger partial charge in [0.2, 0.25) is 0 Å². The fraction of sp³-hybridized carbons (Fsp3) is 0.250. The molecule has 2 aromatic carbocycles. The summed E-state index contributed by atoms with van der Waals surface area (Å²) in [5.41, 5.74) is 12.9. The van der Waals surface area contributed by atoms with Crippen molar-refractivity contribution in [1.82, 2.24) is 0 Å². The minimum Gasteiger partial charge on any atom is -0.399 e. The Bertz CT molecular complexity index is 486. The summed E-state index contributed by atoms with van der Waals surface area (Å²) < 4.78 is 0. The fourth-order valence-corrected chi connectivity index (χ4v) is 2.31. The lowest BCUT2D eigenvalue weighted by Gasteiger charge is -2.26. The molecule has 0 bridgehead atoms. The SMILES string of the molecule is CCCC([O])(c1ccc(N)cc1)c1ccc(N)cc1. The third-order valence-corrected chi connectivity index (χ3v) is 3.36. The molecule has 19 heavy (non-hydrogen) atoms. The van der Waals surface area contributed by atoms with Gasteiger partial charge in [-0.15, -0.1) is 0 Å². The lowest BCUT2D eigenvalue weighted by atomic mass is 9.82. The summed E-state index contributed by atoms with van der Waals surface area (Å²) in [5, 5.41) is 13.2. The largest absolute Gasteiger partial charge is 0.399 e. The van der Waals surface area contributed by atoms with Crippen molar-refractivity contribution >= 4 is 11.4 Å². The third kappa shape index (κ3) is 2.71. The van der Waals surface area contributed by atoms with Crippen molar-refractivity contribution in [3.8, 4) is 0 Å². The average molecular weight is 255 g/mol.